The summed E-state index contributed by atoms with van der Waals surface area (Å²) in [6.07, 6.45) is 0. The molecule has 0 spiro atoms. The Morgan fingerprint density at radius 1 is 1.00 bits per heavy atom. The van der Waals surface area contributed by atoms with Crippen LogP contribution in [0.25, 0.3) is 0 Å². The molecule has 0 rings (SSSR count). The fraction of sp³-hybridized carbons (Fsp3) is 0. The Morgan fingerprint density at radius 3 is 1.00 bits per heavy atom. The Balaban J connectivity index is -0.0000000800. The van der Waals surface area contributed by atoms with Gasteiger partial charge >= 0.3 is 30.5 Å². The molecule has 4 nitrogen and oxygen atoms in total. The first kappa shape index (κ1) is 16.9. The Labute approximate surface area is 129 Å². The van der Waals surface area contributed by atoms with Crippen LogP contribution in [0.2, 0.25) is 0 Å². The van der Waals surface area contributed by atoms with E-state index in [2.05, 4.69) is 0 Å². The summed E-state index contributed by atoms with van der Waals surface area (Å²) in [6.45, 7) is 0. The molecule has 0 aromatic carbocycles. The summed E-state index contributed by atoms with van der Waals surface area (Å²) in [6, 6.07) is 0. The summed E-state index contributed by atoms with van der Waals surface area (Å²) in [5, 5.41) is 0. The molecule has 0 amide bonds. The molecule has 0 aromatic rings. The second-order valence-electron chi connectivity index (χ2n) is 0.513. The summed E-state index contributed by atoms with van der Waals surface area (Å²) in [5.41, 5.74) is 0. The Hall–Kier alpha value is 3.51. The van der Waals surface area contributed by atoms with Gasteiger partial charge in [-0.1, -0.05) is 0 Å². The summed E-state index contributed by atoms with van der Waals surface area (Å²) < 4.78 is 30.7. The fourth-order valence-corrected chi connectivity index (χ4v) is 0. The first-order valence-corrected chi connectivity index (χ1v) is 4.07. The van der Waals surface area contributed by atoms with Crippen LogP contribution in [-0.2, 0) is 3.74 Å². The third-order valence-corrected chi connectivity index (χ3v) is 0. The molecular formula is H3AsK2O4. The first-order valence-electron chi connectivity index (χ1n) is 0.783. The molecule has 0 fully saturated rings. The van der Waals surface area contributed by atoms with Gasteiger partial charge in [0.05, 0.1) is 0 Å². The van der Waals surface area contributed by atoms with Crippen molar-refractivity contribution in [3.63, 3.8) is 0 Å². The van der Waals surface area contributed by atoms with Crippen molar-refractivity contribution in [2.24, 2.45) is 0 Å². The largest absolute Gasteiger partial charge is 0 e. The van der Waals surface area contributed by atoms with Gasteiger partial charge in [0.1, 0.15) is 0 Å². The first-order chi connectivity index (χ1) is 2.00. The molecule has 0 heterocycles. The van der Waals surface area contributed by atoms with E-state index in [1.54, 1.807) is 0 Å². The van der Waals surface area contributed by atoms with Gasteiger partial charge in [-0.3, -0.25) is 0 Å². The van der Waals surface area contributed by atoms with Gasteiger partial charge in [0.2, 0.25) is 0 Å². The smallest absolute Gasteiger partial charge is 0 e. The van der Waals surface area contributed by atoms with Crippen molar-refractivity contribution >= 4 is 117 Å². The van der Waals surface area contributed by atoms with Crippen LogP contribution in [-0.4, -0.2) is 130 Å². The second kappa shape index (κ2) is 7.62. The van der Waals surface area contributed by atoms with Gasteiger partial charge in [-0.25, -0.2) is 0 Å². The SMILES string of the molecule is O=[As](O)(O)O.[K].[K]. The van der Waals surface area contributed by atoms with Gasteiger partial charge in [-0.15, -0.1) is 0 Å². The number of hydrogen-bond donors (Lipinski definition) is 3. The van der Waals surface area contributed by atoms with E-state index in [1.165, 1.54) is 0 Å². The average Bonchev–Trinajstić information content (AvgIpc) is 0.722. The molecular weight excluding hydrogens is 217 g/mol. The van der Waals surface area contributed by atoms with Crippen molar-refractivity contribution in [1.29, 1.82) is 0 Å². The van der Waals surface area contributed by atoms with Crippen molar-refractivity contribution in [2.75, 3.05) is 0 Å². The summed E-state index contributed by atoms with van der Waals surface area (Å²) in [7, 11) is 0. The standard InChI is InChI=1S/AsH3O4.2K/c2-1(3,4)5;;/h(H3,2,3,4,5);;. The zero-order chi connectivity index (χ0) is 4.50. The molecule has 3 N–H and O–H groups in total. The normalized spacial score (nSPS) is 8.43. The van der Waals surface area contributed by atoms with E-state index < -0.39 is 14.5 Å². The fourth-order valence-electron chi connectivity index (χ4n) is 0. The molecule has 0 unspecified atom stereocenters. The van der Waals surface area contributed by atoms with E-state index in [9.17, 15) is 0 Å². The zero-order valence-corrected chi connectivity index (χ0v) is 12.3. The summed E-state index contributed by atoms with van der Waals surface area (Å²) in [4.78, 5) is 0. The maximum absolute atomic E-state index is 8.94. The summed E-state index contributed by atoms with van der Waals surface area (Å²) in [5.74, 6) is 0. The maximum atomic E-state index is 8.94. The van der Waals surface area contributed by atoms with E-state index in [0.29, 0.717) is 0 Å². The third kappa shape index (κ3) is 43.5. The van der Waals surface area contributed by atoms with E-state index in [1.807, 2.05) is 0 Å². The molecule has 0 saturated carbocycles. The molecule has 7 heavy (non-hydrogen) atoms. The Kier molecular flexibility index (Phi) is 18.3. The molecule has 34 valence electrons. The molecule has 0 atom stereocenters. The Bertz CT molecular complexity index is 55.8. The third-order valence-electron chi connectivity index (χ3n) is 0. The zero-order valence-electron chi connectivity index (χ0n) is 4.20. The van der Waals surface area contributed by atoms with Crippen LogP contribution in [0, 0.1) is 0 Å². The molecule has 0 aliphatic heterocycles. The quantitative estimate of drug-likeness (QED) is 0.382. The van der Waals surface area contributed by atoms with Gasteiger partial charge < -0.3 is 0 Å². The van der Waals surface area contributed by atoms with Crippen LogP contribution < -0.4 is 0 Å². The van der Waals surface area contributed by atoms with Crippen LogP contribution in [0.4, 0.5) is 0 Å². The van der Waals surface area contributed by atoms with Crippen molar-refractivity contribution in [1.82, 2.24) is 0 Å². The number of hydrogen-bond acceptors (Lipinski definition) is 1. The monoisotopic (exact) mass is 220 g/mol. The van der Waals surface area contributed by atoms with Crippen LogP contribution >= 0.6 is 0 Å². The van der Waals surface area contributed by atoms with Crippen molar-refractivity contribution in [3.05, 3.63) is 0 Å². The van der Waals surface area contributed by atoms with Gasteiger partial charge in [0.25, 0.3) is 0 Å². The Morgan fingerprint density at radius 2 is 1.00 bits per heavy atom. The van der Waals surface area contributed by atoms with E-state index in [4.69, 9.17) is 16.0 Å². The molecule has 0 aromatic heterocycles. The minimum Gasteiger partial charge on any atom is 0 e. The van der Waals surface area contributed by atoms with Crippen molar-refractivity contribution in [2.45, 2.75) is 0 Å². The predicted octanol–water partition coefficient (Wildman–Crippen LogP) is -2.93. The van der Waals surface area contributed by atoms with Gasteiger partial charge in [-0.05, 0) is 0 Å². The van der Waals surface area contributed by atoms with Gasteiger partial charge in [-0.2, -0.15) is 0 Å². The summed E-state index contributed by atoms with van der Waals surface area (Å²) >= 11 is -5.12. The second-order valence-corrected chi connectivity index (χ2v) is 2.67. The van der Waals surface area contributed by atoms with Crippen LogP contribution in [0.5, 0.6) is 0 Å². The minimum absolute atomic E-state index is 0. The molecule has 0 aliphatic carbocycles. The average molecular weight is 220 g/mol. The maximum Gasteiger partial charge on any atom is 0 e. The minimum atomic E-state index is -5.12. The molecule has 0 aliphatic rings. The van der Waals surface area contributed by atoms with Crippen molar-refractivity contribution in [3.8, 4) is 0 Å². The topological polar surface area (TPSA) is 77.8 Å². The van der Waals surface area contributed by atoms with E-state index in [-0.39, 0.29) is 103 Å². The predicted molar refractivity (Wildman–Crippen MR) is 24.6 cm³/mol. The molecule has 0 bridgehead atoms. The number of rotatable bonds is 0. The van der Waals surface area contributed by atoms with Crippen LogP contribution in [0.15, 0.2) is 0 Å². The molecule has 7 heteroatoms. The van der Waals surface area contributed by atoms with E-state index >= 15 is 0 Å². The van der Waals surface area contributed by atoms with Gasteiger partial charge in [0.15, 0.2) is 0 Å². The van der Waals surface area contributed by atoms with E-state index in [0.717, 1.165) is 0 Å². The molecule has 0 saturated heterocycles. The van der Waals surface area contributed by atoms with Crippen LogP contribution in [0.3, 0.4) is 0 Å². The van der Waals surface area contributed by atoms with Crippen molar-refractivity contribution < 1.29 is 16.0 Å². The molecule has 2 radical (unpaired) electrons. The van der Waals surface area contributed by atoms with Crippen LogP contribution in [0.1, 0.15) is 0 Å². The van der Waals surface area contributed by atoms with Gasteiger partial charge in [0, 0.05) is 103 Å².